The van der Waals surface area contributed by atoms with Crippen molar-refractivity contribution >= 4 is 23.5 Å². The number of rotatable bonds is 5. The van der Waals surface area contributed by atoms with E-state index in [1.807, 2.05) is 31.2 Å². The normalized spacial score (nSPS) is 15.3. The molecular formula is C22H24N6O3. The summed E-state index contributed by atoms with van der Waals surface area (Å²) < 4.78 is 0. The monoisotopic (exact) mass is 420 g/mol. The first-order valence-electron chi connectivity index (χ1n) is 9.88. The number of nitrogens with one attached hydrogen (secondary N) is 2. The van der Waals surface area contributed by atoms with Crippen LogP contribution in [0.2, 0.25) is 0 Å². The summed E-state index contributed by atoms with van der Waals surface area (Å²) in [5.41, 5.74) is 7.82. The van der Waals surface area contributed by atoms with Gasteiger partial charge in [-0.1, -0.05) is 12.1 Å². The highest BCUT2D eigenvalue weighted by Gasteiger charge is 2.42. The molecule has 31 heavy (non-hydrogen) atoms. The van der Waals surface area contributed by atoms with Crippen molar-refractivity contribution in [2.45, 2.75) is 13.1 Å². The molecule has 9 heteroatoms. The molecule has 0 saturated carbocycles. The third-order valence-corrected chi connectivity index (χ3v) is 4.90. The van der Waals surface area contributed by atoms with Crippen molar-refractivity contribution < 1.29 is 14.4 Å². The molecule has 9 nitrogen and oxygen atoms in total. The first-order chi connectivity index (χ1) is 14.9. The average Bonchev–Trinajstić information content (AvgIpc) is 3.22. The van der Waals surface area contributed by atoms with E-state index in [1.54, 1.807) is 6.07 Å². The molecule has 4 N–H and O–H groups in total. The molecule has 1 unspecified atom stereocenters. The minimum Gasteiger partial charge on any atom is -0.351 e. The second kappa shape index (κ2) is 9.73. The Labute approximate surface area is 180 Å². The highest BCUT2D eigenvalue weighted by Crippen LogP contribution is 2.21. The number of benzene rings is 2. The number of anilines is 1. The van der Waals surface area contributed by atoms with Gasteiger partial charge in [0.2, 0.25) is 0 Å². The summed E-state index contributed by atoms with van der Waals surface area (Å²) in [4.78, 5) is 41.6. The van der Waals surface area contributed by atoms with Crippen LogP contribution in [0.3, 0.4) is 0 Å². The molecule has 0 aliphatic carbocycles. The summed E-state index contributed by atoms with van der Waals surface area (Å²) in [6, 6.07) is 15.0. The van der Waals surface area contributed by atoms with Gasteiger partial charge in [-0.3, -0.25) is 14.5 Å². The number of amides is 4. The van der Waals surface area contributed by atoms with Crippen molar-refractivity contribution in [3.63, 3.8) is 0 Å². The van der Waals surface area contributed by atoms with E-state index in [0.717, 1.165) is 5.56 Å². The SMILES string of the molecule is Cc1cccc(NC(=O)N2CCN(C(=O)c3ccc(C#N)cc3)C2C(=O)NCCN)c1. The van der Waals surface area contributed by atoms with Crippen LogP contribution >= 0.6 is 0 Å². The van der Waals surface area contributed by atoms with Gasteiger partial charge in [0.05, 0.1) is 11.6 Å². The maximum absolute atomic E-state index is 13.1. The van der Waals surface area contributed by atoms with Crippen molar-refractivity contribution in [1.82, 2.24) is 15.1 Å². The lowest BCUT2D eigenvalue weighted by molar-refractivity contribution is -0.127. The summed E-state index contributed by atoms with van der Waals surface area (Å²) in [5.74, 6) is -0.882. The molecule has 1 aliphatic rings. The van der Waals surface area contributed by atoms with Crippen molar-refractivity contribution in [1.29, 1.82) is 5.26 Å². The second-order valence-electron chi connectivity index (χ2n) is 7.13. The number of hydrogen-bond donors (Lipinski definition) is 3. The number of carbonyl (C=O) groups is 3. The third-order valence-electron chi connectivity index (χ3n) is 4.90. The highest BCUT2D eigenvalue weighted by molar-refractivity contribution is 6.00. The zero-order chi connectivity index (χ0) is 22.4. The summed E-state index contributed by atoms with van der Waals surface area (Å²) in [6.07, 6.45) is -1.11. The lowest BCUT2D eigenvalue weighted by Crippen LogP contribution is -2.55. The first kappa shape index (κ1) is 21.8. The topological polar surface area (TPSA) is 132 Å². The number of nitrogens with zero attached hydrogens (tertiary/aromatic N) is 3. The Kier molecular flexibility index (Phi) is 6.85. The van der Waals surface area contributed by atoms with Gasteiger partial charge in [-0.2, -0.15) is 5.26 Å². The number of nitriles is 1. The van der Waals surface area contributed by atoms with Gasteiger partial charge in [-0.15, -0.1) is 0 Å². The Balaban J connectivity index is 1.83. The maximum atomic E-state index is 13.1. The van der Waals surface area contributed by atoms with E-state index in [9.17, 15) is 14.4 Å². The van der Waals surface area contributed by atoms with E-state index in [0.29, 0.717) is 16.8 Å². The molecule has 0 bridgehead atoms. The molecule has 1 saturated heterocycles. The van der Waals surface area contributed by atoms with Gasteiger partial charge in [0.1, 0.15) is 0 Å². The average molecular weight is 420 g/mol. The van der Waals surface area contributed by atoms with E-state index in [4.69, 9.17) is 11.0 Å². The molecule has 4 amide bonds. The van der Waals surface area contributed by atoms with Gasteiger partial charge in [-0.05, 0) is 48.9 Å². The molecule has 3 rings (SSSR count). The van der Waals surface area contributed by atoms with E-state index < -0.39 is 24.0 Å². The standard InChI is InChI=1S/C22H24N6O3/c1-15-3-2-4-18(13-15)26-22(31)28-12-11-27(20(28)19(29)25-10-9-23)21(30)17-7-5-16(14-24)6-8-17/h2-8,13,20H,9-12,23H2,1H3,(H,25,29)(H,26,31). The number of urea groups is 1. The maximum Gasteiger partial charge on any atom is 0.323 e. The van der Waals surface area contributed by atoms with Crippen LogP contribution in [-0.2, 0) is 4.79 Å². The molecule has 0 aromatic heterocycles. The smallest absolute Gasteiger partial charge is 0.323 e. The molecule has 160 valence electrons. The van der Waals surface area contributed by atoms with Crippen LogP contribution in [0, 0.1) is 18.3 Å². The molecule has 0 spiro atoms. The van der Waals surface area contributed by atoms with Crippen molar-refractivity contribution in [3.8, 4) is 6.07 Å². The Morgan fingerprint density at radius 2 is 1.84 bits per heavy atom. The number of aryl methyl sites for hydroxylation is 1. The Morgan fingerprint density at radius 1 is 1.13 bits per heavy atom. The lowest BCUT2D eigenvalue weighted by atomic mass is 10.1. The van der Waals surface area contributed by atoms with Crippen LogP contribution < -0.4 is 16.4 Å². The summed E-state index contributed by atoms with van der Waals surface area (Å²) in [7, 11) is 0. The van der Waals surface area contributed by atoms with Crippen LogP contribution in [0.5, 0.6) is 0 Å². The fourth-order valence-electron chi connectivity index (χ4n) is 3.39. The van der Waals surface area contributed by atoms with Gasteiger partial charge >= 0.3 is 6.03 Å². The van der Waals surface area contributed by atoms with Crippen LogP contribution in [0.25, 0.3) is 0 Å². The number of hydrogen-bond acceptors (Lipinski definition) is 5. The molecule has 1 aliphatic heterocycles. The zero-order valence-electron chi connectivity index (χ0n) is 17.2. The third kappa shape index (κ3) is 4.99. The number of nitrogens with two attached hydrogens (primary N) is 1. The summed E-state index contributed by atoms with van der Waals surface area (Å²) in [6.45, 7) is 2.76. The summed E-state index contributed by atoms with van der Waals surface area (Å²) in [5, 5.41) is 14.4. The molecule has 1 heterocycles. The van der Waals surface area contributed by atoms with Crippen LogP contribution in [0.15, 0.2) is 48.5 Å². The highest BCUT2D eigenvalue weighted by atomic mass is 16.2. The molecule has 2 aromatic rings. The number of carbonyl (C=O) groups excluding carboxylic acids is 3. The minimum atomic E-state index is -1.11. The minimum absolute atomic E-state index is 0.195. The molecule has 0 radical (unpaired) electrons. The Hall–Kier alpha value is -3.90. The quantitative estimate of drug-likeness (QED) is 0.670. The predicted molar refractivity (Wildman–Crippen MR) is 115 cm³/mol. The van der Waals surface area contributed by atoms with Crippen molar-refractivity contribution in [2.24, 2.45) is 5.73 Å². The van der Waals surface area contributed by atoms with Crippen LogP contribution in [0.4, 0.5) is 10.5 Å². The van der Waals surface area contributed by atoms with Crippen molar-refractivity contribution in [3.05, 3.63) is 65.2 Å². The molecule has 2 aromatic carbocycles. The fourth-order valence-corrected chi connectivity index (χ4v) is 3.39. The summed E-state index contributed by atoms with van der Waals surface area (Å²) >= 11 is 0. The second-order valence-corrected chi connectivity index (χ2v) is 7.13. The van der Waals surface area contributed by atoms with Gasteiger partial charge in [0.15, 0.2) is 6.17 Å². The predicted octanol–water partition coefficient (Wildman–Crippen LogP) is 1.26. The van der Waals surface area contributed by atoms with E-state index in [-0.39, 0.29) is 26.2 Å². The first-order valence-corrected chi connectivity index (χ1v) is 9.88. The van der Waals surface area contributed by atoms with Crippen LogP contribution in [-0.4, -0.2) is 60.0 Å². The van der Waals surface area contributed by atoms with Gasteiger partial charge in [0, 0.05) is 37.4 Å². The van der Waals surface area contributed by atoms with Gasteiger partial charge in [0.25, 0.3) is 11.8 Å². The molecule has 1 fully saturated rings. The fraction of sp³-hybridized carbons (Fsp3) is 0.273. The molecular weight excluding hydrogens is 396 g/mol. The molecule has 1 atom stereocenters. The van der Waals surface area contributed by atoms with Gasteiger partial charge < -0.3 is 21.3 Å². The zero-order valence-corrected chi connectivity index (χ0v) is 17.2. The van der Waals surface area contributed by atoms with Gasteiger partial charge in [-0.25, -0.2) is 4.79 Å². The van der Waals surface area contributed by atoms with Crippen LogP contribution in [0.1, 0.15) is 21.5 Å². The Morgan fingerprint density at radius 3 is 2.48 bits per heavy atom. The largest absolute Gasteiger partial charge is 0.351 e. The lowest BCUT2D eigenvalue weighted by Gasteiger charge is -2.29. The Bertz CT molecular complexity index is 1010. The van der Waals surface area contributed by atoms with Crippen molar-refractivity contribution in [2.75, 3.05) is 31.5 Å². The van der Waals surface area contributed by atoms with E-state index >= 15 is 0 Å². The van der Waals surface area contributed by atoms with E-state index in [1.165, 1.54) is 34.1 Å². The van der Waals surface area contributed by atoms with E-state index in [2.05, 4.69) is 10.6 Å².